The normalized spacial score (nSPS) is 11.7. The third-order valence-electron chi connectivity index (χ3n) is 5.77. The van der Waals surface area contributed by atoms with E-state index in [0.29, 0.717) is 46.6 Å². The second-order valence-electron chi connectivity index (χ2n) is 8.12. The molecule has 1 heterocycles. The molecule has 0 bridgehead atoms. The topological polar surface area (TPSA) is 96.7 Å². The number of amides is 1. The summed E-state index contributed by atoms with van der Waals surface area (Å²) in [6.45, 7) is 6.26. The molecule has 0 radical (unpaired) electrons. The fraction of sp³-hybridized carbons (Fsp3) is 0.185. The Morgan fingerprint density at radius 2 is 1.57 bits per heavy atom. The zero-order valence-electron chi connectivity index (χ0n) is 19.7. The van der Waals surface area contributed by atoms with Gasteiger partial charge in [-0.1, -0.05) is 37.6 Å². The maximum Gasteiger partial charge on any atom is 0.255 e. The van der Waals surface area contributed by atoms with Gasteiger partial charge in [-0.15, -0.1) is 0 Å². The number of benzene rings is 3. The predicted molar refractivity (Wildman–Crippen MR) is 137 cm³/mol. The molecule has 4 aromatic rings. The van der Waals surface area contributed by atoms with Crippen molar-refractivity contribution in [3.8, 4) is 11.3 Å². The first-order chi connectivity index (χ1) is 16.7. The minimum atomic E-state index is -3.56. The number of carbonyl (C=O) groups is 1. The van der Waals surface area contributed by atoms with Crippen LogP contribution in [-0.4, -0.2) is 31.7 Å². The number of fused-ring (bicyclic) bond motifs is 1. The molecular weight excluding hydrogens is 464 g/mol. The van der Waals surface area contributed by atoms with Crippen LogP contribution in [0.25, 0.3) is 22.3 Å². The van der Waals surface area contributed by atoms with Gasteiger partial charge in [-0.2, -0.15) is 4.31 Å². The summed E-state index contributed by atoms with van der Waals surface area (Å²) in [5, 5.41) is 3.30. The smallest absolute Gasteiger partial charge is 0.255 e. The molecule has 180 valence electrons. The van der Waals surface area contributed by atoms with E-state index in [0.717, 1.165) is 5.56 Å². The molecule has 0 aliphatic carbocycles. The molecule has 1 N–H and O–H groups in total. The molecule has 35 heavy (non-hydrogen) atoms. The summed E-state index contributed by atoms with van der Waals surface area (Å²) >= 11 is 0. The highest BCUT2D eigenvalue weighted by Crippen LogP contribution is 2.24. The molecule has 0 aliphatic heterocycles. The zero-order chi connectivity index (χ0) is 25.2. The Balaban J connectivity index is 1.50. The lowest BCUT2D eigenvalue weighted by Gasteiger charge is -2.18. The molecular formula is C27H26N2O5S. The van der Waals surface area contributed by atoms with Gasteiger partial charge in [-0.3, -0.25) is 9.59 Å². The second-order valence-corrected chi connectivity index (χ2v) is 10.1. The van der Waals surface area contributed by atoms with Gasteiger partial charge >= 0.3 is 0 Å². The molecule has 3 aromatic carbocycles. The number of nitrogens with one attached hydrogen (secondary N) is 1. The van der Waals surface area contributed by atoms with Crippen molar-refractivity contribution in [2.45, 2.75) is 25.7 Å². The van der Waals surface area contributed by atoms with Crippen molar-refractivity contribution >= 4 is 32.6 Å². The van der Waals surface area contributed by atoms with Crippen LogP contribution < -0.4 is 10.7 Å². The molecule has 0 saturated carbocycles. The predicted octanol–water partition coefficient (Wildman–Crippen LogP) is 5.05. The van der Waals surface area contributed by atoms with Crippen LogP contribution in [0.1, 0.15) is 29.8 Å². The highest BCUT2D eigenvalue weighted by Gasteiger charge is 2.21. The van der Waals surface area contributed by atoms with Gasteiger partial charge < -0.3 is 9.73 Å². The molecule has 1 amide bonds. The number of aryl methyl sites for hydroxylation is 1. The van der Waals surface area contributed by atoms with Crippen LogP contribution in [0.2, 0.25) is 0 Å². The summed E-state index contributed by atoms with van der Waals surface area (Å²) in [6.07, 6.45) is 0. The molecule has 7 nitrogen and oxygen atoms in total. The van der Waals surface area contributed by atoms with E-state index >= 15 is 0 Å². The van der Waals surface area contributed by atoms with Gasteiger partial charge in [0.05, 0.1) is 10.3 Å². The number of anilines is 1. The van der Waals surface area contributed by atoms with Gasteiger partial charge in [0, 0.05) is 36.0 Å². The summed E-state index contributed by atoms with van der Waals surface area (Å²) in [4.78, 5) is 25.4. The van der Waals surface area contributed by atoms with Crippen LogP contribution in [0.15, 0.2) is 86.9 Å². The first-order valence-corrected chi connectivity index (χ1v) is 12.7. The highest BCUT2D eigenvalue weighted by molar-refractivity contribution is 7.89. The molecule has 0 fully saturated rings. The van der Waals surface area contributed by atoms with Gasteiger partial charge in [0.15, 0.2) is 5.43 Å². The van der Waals surface area contributed by atoms with E-state index in [1.165, 1.54) is 22.5 Å². The fourth-order valence-electron chi connectivity index (χ4n) is 3.82. The van der Waals surface area contributed by atoms with E-state index in [-0.39, 0.29) is 16.2 Å². The summed E-state index contributed by atoms with van der Waals surface area (Å²) < 4.78 is 32.5. The Labute approximate surface area is 204 Å². The Bertz CT molecular complexity index is 1540. The van der Waals surface area contributed by atoms with Crippen LogP contribution in [0, 0.1) is 6.92 Å². The zero-order valence-corrected chi connectivity index (χ0v) is 20.6. The quantitative estimate of drug-likeness (QED) is 0.391. The third-order valence-corrected chi connectivity index (χ3v) is 7.83. The molecule has 0 atom stereocenters. The van der Waals surface area contributed by atoms with Crippen molar-refractivity contribution in [2.24, 2.45) is 0 Å². The first-order valence-electron chi connectivity index (χ1n) is 11.3. The van der Waals surface area contributed by atoms with E-state index < -0.39 is 10.0 Å². The lowest BCUT2D eigenvalue weighted by atomic mass is 10.1. The van der Waals surface area contributed by atoms with Crippen molar-refractivity contribution in [2.75, 3.05) is 18.4 Å². The third kappa shape index (κ3) is 5.03. The summed E-state index contributed by atoms with van der Waals surface area (Å²) in [7, 11) is -3.56. The van der Waals surface area contributed by atoms with E-state index in [2.05, 4.69) is 5.32 Å². The van der Waals surface area contributed by atoms with Crippen molar-refractivity contribution in [1.82, 2.24) is 4.31 Å². The Morgan fingerprint density at radius 3 is 2.20 bits per heavy atom. The summed E-state index contributed by atoms with van der Waals surface area (Å²) in [5.74, 6) is 0.0784. The number of hydrogen-bond donors (Lipinski definition) is 1. The lowest BCUT2D eigenvalue weighted by molar-refractivity contribution is 0.102. The largest absolute Gasteiger partial charge is 0.456 e. The standard InChI is InChI=1S/C27H26N2O5S/c1-4-29(5-2)35(32,33)22-13-11-21(12-14-22)28-27(31)20-9-7-19(8-10-20)26-17-24(30)23-16-18(3)6-15-25(23)34-26/h6-17H,4-5H2,1-3H3,(H,28,31). The van der Waals surface area contributed by atoms with Crippen molar-refractivity contribution in [3.05, 3.63) is 94.1 Å². The molecule has 1 aromatic heterocycles. The van der Waals surface area contributed by atoms with Crippen molar-refractivity contribution in [1.29, 1.82) is 0 Å². The molecule has 0 aliphatic rings. The van der Waals surface area contributed by atoms with E-state index in [9.17, 15) is 18.0 Å². The molecule has 8 heteroatoms. The maximum absolute atomic E-state index is 12.7. The Morgan fingerprint density at radius 1 is 0.914 bits per heavy atom. The van der Waals surface area contributed by atoms with Gasteiger partial charge in [-0.05, 0) is 55.5 Å². The minimum Gasteiger partial charge on any atom is -0.456 e. The van der Waals surface area contributed by atoms with Gasteiger partial charge in [0.25, 0.3) is 5.91 Å². The SMILES string of the molecule is CCN(CC)S(=O)(=O)c1ccc(NC(=O)c2ccc(-c3cc(=O)c4cc(C)ccc4o3)cc2)cc1. The maximum atomic E-state index is 12.7. The Hall–Kier alpha value is -3.75. The van der Waals surface area contributed by atoms with Crippen LogP contribution in [0.5, 0.6) is 0 Å². The van der Waals surface area contributed by atoms with Crippen molar-refractivity contribution in [3.63, 3.8) is 0 Å². The summed E-state index contributed by atoms with van der Waals surface area (Å²) in [6, 6.07) is 19.7. The summed E-state index contributed by atoms with van der Waals surface area (Å²) in [5.41, 5.74) is 2.92. The molecule has 0 saturated heterocycles. The van der Waals surface area contributed by atoms with E-state index in [1.807, 2.05) is 13.0 Å². The average molecular weight is 491 g/mol. The van der Waals surface area contributed by atoms with Crippen LogP contribution in [0.3, 0.4) is 0 Å². The average Bonchev–Trinajstić information content (AvgIpc) is 2.85. The monoisotopic (exact) mass is 490 g/mol. The van der Waals surface area contributed by atoms with E-state index in [1.54, 1.807) is 62.4 Å². The fourth-order valence-corrected chi connectivity index (χ4v) is 5.28. The van der Waals surface area contributed by atoms with Gasteiger partial charge in [-0.25, -0.2) is 8.42 Å². The van der Waals surface area contributed by atoms with Crippen molar-refractivity contribution < 1.29 is 17.6 Å². The van der Waals surface area contributed by atoms with Gasteiger partial charge in [0.1, 0.15) is 11.3 Å². The van der Waals surface area contributed by atoms with Gasteiger partial charge in [0.2, 0.25) is 10.0 Å². The minimum absolute atomic E-state index is 0.127. The first kappa shape index (κ1) is 24.4. The molecule has 4 rings (SSSR count). The number of rotatable bonds is 7. The second kappa shape index (κ2) is 9.85. The highest BCUT2D eigenvalue weighted by atomic mass is 32.2. The number of hydrogen-bond acceptors (Lipinski definition) is 5. The van der Waals surface area contributed by atoms with Crippen LogP contribution in [0.4, 0.5) is 5.69 Å². The lowest BCUT2D eigenvalue weighted by Crippen LogP contribution is -2.30. The van der Waals surface area contributed by atoms with E-state index in [4.69, 9.17) is 4.42 Å². The number of nitrogens with zero attached hydrogens (tertiary/aromatic N) is 1. The van der Waals surface area contributed by atoms with Crippen LogP contribution >= 0.6 is 0 Å². The Kier molecular flexibility index (Phi) is 6.86. The van der Waals surface area contributed by atoms with Crippen LogP contribution in [-0.2, 0) is 10.0 Å². The number of carbonyl (C=O) groups excluding carboxylic acids is 1. The number of sulfonamides is 1. The molecule has 0 unspecified atom stereocenters. The molecule has 0 spiro atoms.